The quantitative estimate of drug-likeness (QED) is 0.0817. The van der Waals surface area contributed by atoms with Crippen LogP contribution in [0.5, 0.6) is 5.75 Å². The van der Waals surface area contributed by atoms with Gasteiger partial charge in [0.15, 0.2) is 0 Å². The van der Waals surface area contributed by atoms with E-state index in [4.69, 9.17) is 28.9 Å². The van der Waals surface area contributed by atoms with Gasteiger partial charge in [0.2, 0.25) is 18.0 Å². The van der Waals surface area contributed by atoms with E-state index in [1.165, 1.54) is 20.3 Å². The van der Waals surface area contributed by atoms with Crippen LogP contribution in [0.3, 0.4) is 0 Å². The zero-order valence-electron chi connectivity index (χ0n) is 41.8. The van der Waals surface area contributed by atoms with Gasteiger partial charge in [0.25, 0.3) is 0 Å². The van der Waals surface area contributed by atoms with Gasteiger partial charge in [-0.2, -0.15) is 54.0 Å². The number of rotatable bonds is 14. The number of nitrogens with zero attached hydrogens (tertiary/aromatic N) is 5. The van der Waals surface area contributed by atoms with Crippen LogP contribution in [-0.4, -0.2) is 111 Å². The van der Waals surface area contributed by atoms with Crippen molar-refractivity contribution in [3.05, 3.63) is 88.1 Å². The lowest BCUT2D eigenvalue weighted by Gasteiger charge is -2.30. The van der Waals surface area contributed by atoms with Crippen molar-refractivity contribution in [2.24, 2.45) is 11.8 Å². The number of aromatic nitrogens is 5. The fourth-order valence-electron chi connectivity index (χ4n) is 9.84. The Morgan fingerprint density at radius 2 is 1.33 bits per heavy atom. The van der Waals surface area contributed by atoms with Crippen LogP contribution in [-0.2, 0) is 30.2 Å². The lowest BCUT2D eigenvalue weighted by molar-refractivity contribution is -0.136. The molecule has 0 radical (unpaired) electrons. The molecule has 9 rings (SSSR count). The van der Waals surface area contributed by atoms with E-state index in [1.54, 1.807) is 40.6 Å². The summed E-state index contributed by atoms with van der Waals surface area (Å²) in [5.41, 5.74) is 4.54. The molecule has 4 aromatic heterocycles. The van der Waals surface area contributed by atoms with Crippen molar-refractivity contribution >= 4 is 100 Å². The lowest BCUT2D eigenvalue weighted by Crippen LogP contribution is -2.51. The molecule has 73 heavy (non-hydrogen) atoms. The first-order valence-electron chi connectivity index (χ1n) is 23.4. The molecular formula is C50H66FN9O8S5. The number of hydrogen-bond donors (Lipinski definition) is 4. The van der Waals surface area contributed by atoms with Crippen LogP contribution >= 0.6 is 65.3 Å². The Balaban J connectivity index is 0.00000247. The molecule has 23 heteroatoms. The van der Waals surface area contributed by atoms with Crippen molar-refractivity contribution in [1.82, 2.24) is 44.9 Å². The average Bonchev–Trinajstić information content (AvgIpc) is 4.20. The summed E-state index contributed by atoms with van der Waals surface area (Å²) in [4.78, 5) is 73.8. The number of carbonyl (C=O) groups excluding carboxylic acids is 4. The van der Waals surface area contributed by atoms with Crippen molar-refractivity contribution in [2.75, 3.05) is 41.0 Å². The minimum atomic E-state index is -0.776. The molecule has 2 fully saturated rings. The first kappa shape index (κ1) is 58.6. The van der Waals surface area contributed by atoms with E-state index in [0.717, 1.165) is 57.6 Å². The van der Waals surface area contributed by atoms with E-state index in [9.17, 15) is 19.2 Å². The summed E-state index contributed by atoms with van der Waals surface area (Å²) in [6.45, 7) is 9.12. The van der Waals surface area contributed by atoms with Crippen molar-refractivity contribution in [3.8, 4) is 39.5 Å². The molecule has 0 spiro atoms. The molecule has 5 atom stereocenters. The van der Waals surface area contributed by atoms with Crippen molar-refractivity contribution in [3.63, 3.8) is 0 Å². The number of benzene rings is 2. The molecule has 17 nitrogen and oxygen atoms in total. The minimum Gasteiger partial charge on any atom is -0.464 e. The van der Waals surface area contributed by atoms with Gasteiger partial charge in [0, 0.05) is 48.0 Å². The number of halogens is 1. The summed E-state index contributed by atoms with van der Waals surface area (Å²) < 4.78 is 40.8. The maximum Gasteiger partial charge on any atom is 0.407 e. The van der Waals surface area contributed by atoms with Crippen LogP contribution in [0.25, 0.3) is 44.7 Å². The number of aromatic amines is 2. The van der Waals surface area contributed by atoms with Gasteiger partial charge < -0.3 is 49.3 Å². The number of hydrogen-bond acceptors (Lipinski definition) is 11. The number of thiophene rings is 1. The zero-order valence-corrected chi connectivity index (χ0v) is 46.6. The summed E-state index contributed by atoms with van der Waals surface area (Å²) >= 11 is 1.62. The number of H-pyrrole nitrogens is 2. The molecule has 2 aromatic carbocycles. The summed E-state index contributed by atoms with van der Waals surface area (Å²) in [5, 5.41) is 6.25. The number of imidazole rings is 2. The smallest absolute Gasteiger partial charge is 0.407 e. The zero-order chi connectivity index (χ0) is 48.7. The van der Waals surface area contributed by atoms with Crippen LogP contribution in [0.2, 0.25) is 0 Å². The highest BCUT2D eigenvalue weighted by atomic mass is 32.1. The number of amides is 4. The Labute approximate surface area is 455 Å². The van der Waals surface area contributed by atoms with Gasteiger partial charge in [-0.3, -0.25) is 14.2 Å². The molecule has 396 valence electrons. The first-order chi connectivity index (χ1) is 33.3. The Hall–Kier alpha value is -5.33. The molecule has 3 aliphatic heterocycles. The third-order valence-electron chi connectivity index (χ3n) is 13.4. The second-order valence-corrected chi connectivity index (χ2v) is 19.7. The van der Waals surface area contributed by atoms with Crippen molar-refractivity contribution in [2.45, 2.75) is 90.2 Å². The molecular weight excluding hydrogens is 1030 g/mol. The summed E-state index contributed by atoms with van der Waals surface area (Å²) in [6, 6.07) is 13.3. The number of nitrogens with one attached hydrogen (secondary N) is 4. The number of likely N-dealkylation sites (tertiary alicyclic amines) is 2. The third-order valence-corrected chi connectivity index (χ3v) is 14.6. The molecule has 4 N–H and O–H groups in total. The van der Waals surface area contributed by atoms with Crippen LogP contribution in [0.1, 0.15) is 93.1 Å². The maximum absolute atomic E-state index is 16.9. The third kappa shape index (κ3) is 11.7. The average molecular weight is 1100 g/mol. The van der Waals surface area contributed by atoms with Gasteiger partial charge in [0.1, 0.15) is 35.3 Å². The van der Waals surface area contributed by atoms with E-state index < -0.39 is 36.3 Å². The van der Waals surface area contributed by atoms with Crippen molar-refractivity contribution in [1.29, 1.82) is 0 Å². The Kier molecular flexibility index (Phi) is 19.9. The summed E-state index contributed by atoms with van der Waals surface area (Å²) in [7, 11) is 4.22. The minimum absolute atomic E-state index is 0. The van der Waals surface area contributed by atoms with Gasteiger partial charge in [-0.15, -0.1) is 11.3 Å². The normalized spacial score (nSPS) is 17.5. The molecule has 6 aromatic rings. The molecule has 3 aliphatic rings. The molecule has 0 aliphatic carbocycles. The van der Waals surface area contributed by atoms with Crippen LogP contribution in [0.15, 0.2) is 60.9 Å². The van der Waals surface area contributed by atoms with Gasteiger partial charge in [0.05, 0.1) is 78.3 Å². The predicted octanol–water partition coefficient (Wildman–Crippen LogP) is 8.96. The molecule has 4 amide bonds. The van der Waals surface area contributed by atoms with Crippen LogP contribution < -0.4 is 15.4 Å². The Morgan fingerprint density at radius 1 is 0.767 bits per heavy atom. The largest absolute Gasteiger partial charge is 0.464 e. The highest BCUT2D eigenvalue weighted by molar-refractivity contribution is 7.59. The topological polar surface area (TPSA) is 198 Å². The van der Waals surface area contributed by atoms with Crippen LogP contribution in [0.4, 0.5) is 14.0 Å². The maximum atomic E-state index is 16.9. The van der Waals surface area contributed by atoms with E-state index in [0.29, 0.717) is 66.0 Å². The molecule has 0 saturated carbocycles. The first-order valence-corrected chi connectivity index (χ1v) is 24.2. The number of alkyl carbamates (subject to hydrolysis) is 2. The van der Waals surface area contributed by atoms with Gasteiger partial charge >= 0.3 is 12.2 Å². The molecule has 0 bridgehead atoms. The van der Waals surface area contributed by atoms with E-state index in [1.807, 2.05) is 68.7 Å². The lowest BCUT2D eigenvalue weighted by atomic mass is 10.0. The molecule has 2 saturated heterocycles. The Bertz CT molecular complexity index is 2900. The summed E-state index contributed by atoms with van der Waals surface area (Å²) in [6.07, 6.45) is 5.14. The number of fused-ring (bicyclic) bond motifs is 5. The highest BCUT2D eigenvalue weighted by Crippen LogP contribution is 2.48. The Morgan fingerprint density at radius 3 is 1.86 bits per heavy atom. The highest BCUT2D eigenvalue weighted by Gasteiger charge is 2.40. The number of ether oxygens (including phenoxy) is 4. The van der Waals surface area contributed by atoms with Crippen molar-refractivity contribution < 1.29 is 42.5 Å². The van der Waals surface area contributed by atoms with Gasteiger partial charge in [-0.1, -0.05) is 33.8 Å². The predicted molar refractivity (Wildman–Crippen MR) is 298 cm³/mol. The van der Waals surface area contributed by atoms with Gasteiger partial charge in [-0.05, 0) is 80.0 Å². The SMILES string of the molecule is COCCc1ccc(C2Oc3cc(-c4cnc([C@@H]5CCCN5C(=O)[C@@H](NC(=O)OC)C(C)C)[nH]4)cc(F)c3-c3cc4cc(-c5cnc([C@@H]6CCCN6C(=O)[C@@H](NC(=O)OC)C(C)C)[nH]5)ccc4n32)s1.S.S.S.S. The van der Waals surface area contributed by atoms with Gasteiger partial charge in [-0.25, -0.2) is 23.9 Å². The second kappa shape index (κ2) is 24.8. The number of methoxy groups -OCH3 is 3. The van der Waals surface area contributed by atoms with E-state index >= 15 is 4.39 Å². The van der Waals surface area contributed by atoms with E-state index in [-0.39, 0.29) is 89.7 Å². The standard InChI is InChI=1S/C50H58FN9O8S.4H2S/c1-26(2)42(56-49(63)66-6)46(61)58-17-8-10-36(58)44-52-24-33(54-44)28-12-14-35-30(20-28)22-38-41-32(51)21-29(23-39(41)68-48(60(35)38)40-15-13-31(69-40)16-19-65-5)34-25-53-45(55-34)37-11-9-18-59(37)47(62)43(27(3)4)57-50(64)67-7;;;;/h12-15,20-27,36-37,42-43,48H,8-11,16-19H2,1-7H3,(H,52,54)(H,53,55)(H,56,63)(H,57,64);4*1H2/t36-,37-,42-,43-,48?;;;;/m0..../s1. The van der Waals surface area contributed by atoms with Crippen LogP contribution in [0, 0.1) is 17.7 Å². The fraction of sp³-hybridized carbons (Fsp3) is 0.440. The number of carbonyl (C=O) groups is 4. The fourth-order valence-corrected chi connectivity index (χ4v) is 10.9. The summed E-state index contributed by atoms with van der Waals surface area (Å²) in [5.74, 6) is 0.373. The van der Waals surface area contributed by atoms with E-state index in [2.05, 4.69) is 26.7 Å². The monoisotopic (exact) mass is 1100 g/mol. The molecule has 7 heterocycles. The molecule has 1 unspecified atom stereocenters. The second-order valence-electron chi connectivity index (χ2n) is 18.5.